The molecule has 0 fully saturated rings. The highest BCUT2D eigenvalue weighted by Gasteiger charge is 2.38. The van der Waals surface area contributed by atoms with Gasteiger partial charge in [0.2, 0.25) is 0 Å². The fourth-order valence-corrected chi connectivity index (χ4v) is 2.87. The molecule has 0 saturated carbocycles. The predicted molar refractivity (Wildman–Crippen MR) is 90.1 cm³/mol. The highest BCUT2D eigenvalue weighted by molar-refractivity contribution is 6.74. The van der Waals surface area contributed by atoms with Crippen LogP contribution in [0.4, 0.5) is 0 Å². The molecule has 1 amide bonds. The Morgan fingerprint density at radius 2 is 1.86 bits per heavy atom. The van der Waals surface area contributed by atoms with Crippen molar-refractivity contribution in [2.75, 3.05) is 0 Å². The van der Waals surface area contributed by atoms with E-state index in [2.05, 4.69) is 44.4 Å². The van der Waals surface area contributed by atoms with Crippen LogP contribution in [0.25, 0.3) is 0 Å². The number of benzene rings is 1. The summed E-state index contributed by atoms with van der Waals surface area (Å²) < 4.78 is 6.13. The standard InChI is InChI=1S/C16H26N2O2Si/c1-13(20-21(5,6)16(2,3)4)12-17-18-15(19)14-10-8-7-9-11-14/h7-13H,1-6H3,(H,18,19)/b17-12+/t13-/m1/s1. The van der Waals surface area contributed by atoms with Gasteiger partial charge in [-0.1, -0.05) is 39.0 Å². The number of hydrogen-bond acceptors (Lipinski definition) is 3. The van der Waals surface area contributed by atoms with Gasteiger partial charge in [-0.2, -0.15) is 5.10 Å². The molecule has 0 aliphatic rings. The topological polar surface area (TPSA) is 50.7 Å². The van der Waals surface area contributed by atoms with Crippen LogP contribution in [0.1, 0.15) is 38.1 Å². The van der Waals surface area contributed by atoms with E-state index in [1.54, 1.807) is 18.3 Å². The quantitative estimate of drug-likeness (QED) is 0.511. The van der Waals surface area contributed by atoms with E-state index in [4.69, 9.17) is 4.43 Å². The lowest BCUT2D eigenvalue weighted by Gasteiger charge is -2.37. The van der Waals surface area contributed by atoms with Crippen molar-refractivity contribution in [1.82, 2.24) is 5.43 Å². The Morgan fingerprint density at radius 1 is 1.29 bits per heavy atom. The lowest BCUT2D eigenvalue weighted by molar-refractivity contribution is 0.0955. The molecular formula is C16H26N2O2Si. The van der Waals surface area contributed by atoms with Crippen LogP contribution in [0.2, 0.25) is 18.1 Å². The third-order valence-electron chi connectivity index (χ3n) is 3.77. The number of nitrogens with one attached hydrogen (secondary N) is 1. The first kappa shape index (κ1) is 17.6. The summed E-state index contributed by atoms with van der Waals surface area (Å²) >= 11 is 0. The van der Waals surface area contributed by atoms with Crippen LogP contribution in [0.15, 0.2) is 35.4 Å². The number of nitrogens with zero attached hydrogens (tertiary/aromatic N) is 1. The van der Waals surface area contributed by atoms with Crippen LogP contribution in [0.5, 0.6) is 0 Å². The Hall–Kier alpha value is -1.46. The van der Waals surface area contributed by atoms with E-state index in [0.29, 0.717) is 5.56 Å². The maximum Gasteiger partial charge on any atom is 0.271 e. The first-order valence-electron chi connectivity index (χ1n) is 7.20. The van der Waals surface area contributed by atoms with Gasteiger partial charge in [0.25, 0.3) is 5.91 Å². The lowest BCUT2D eigenvalue weighted by Crippen LogP contribution is -2.43. The normalized spacial score (nSPS) is 14.2. The van der Waals surface area contributed by atoms with Gasteiger partial charge >= 0.3 is 0 Å². The Balaban J connectivity index is 2.52. The van der Waals surface area contributed by atoms with E-state index < -0.39 is 8.32 Å². The summed E-state index contributed by atoms with van der Waals surface area (Å²) in [6.07, 6.45) is 1.52. The van der Waals surface area contributed by atoms with E-state index in [0.717, 1.165) is 0 Å². The van der Waals surface area contributed by atoms with Crippen molar-refractivity contribution < 1.29 is 9.22 Å². The second kappa shape index (κ2) is 7.00. The maximum atomic E-state index is 11.8. The van der Waals surface area contributed by atoms with Crippen molar-refractivity contribution in [2.24, 2.45) is 5.10 Å². The number of carbonyl (C=O) groups excluding carboxylic acids is 1. The lowest BCUT2D eigenvalue weighted by atomic mass is 10.2. The van der Waals surface area contributed by atoms with Gasteiger partial charge in [0.15, 0.2) is 8.32 Å². The molecular weight excluding hydrogens is 280 g/mol. The van der Waals surface area contributed by atoms with Crippen LogP contribution in [-0.4, -0.2) is 26.5 Å². The number of amides is 1. The SMILES string of the molecule is C[C@H](/C=N/NC(=O)c1ccccc1)O[Si](C)(C)C(C)(C)C. The molecule has 0 spiro atoms. The molecule has 1 rings (SSSR count). The average molecular weight is 306 g/mol. The zero-order valence-electron chi connectivity index (χ0n) is 13.8. The largest absolute Gasteiger partial charge is 0.409 e. The summed E-state index contributed by atoms with van der Waals surface area (Å²) in [6, 6.07) is 9.01. The molecule has 0 heterocycles. The first-order chi connectivity index (χ1) is 9.63. The van der Waals surface area contributed by atoms with Crippen LogP contribution in [0, 0.1) is 0 Å². The maximum absolute atomic E-state index is 11.8. The minimum atomic E-state index is -1.81. The van der Waals surface area contributed by atoms with E-state index in [9.17, 15) is 4.79 Å². The van der Waals surface area contributed by atoms with E-state index in [1.165, 1.54) is 0 Å². The molecule has 0 saturated heterocycles. The Kier molecular flexibility index (Phi) is 5.86. The van der Waals surface area contributed by atoms with Crippen molar-refractivity contribution in [3.8, 4) is 0 Å². The molecule has 1 aromatic carbocycles. The third kappa shape index (κ3) is 5.44. The minimum absolute atomic E-state index is 0.123. The zero-order chi connectivity index (χ0) is 16.1. The Bertz CT molecular complexity index is 493. The Labute approximate surface area is 128 Å². The molecule has 1 N–H and O–H groups in total. The van der Waals surface area contributed by atoms with E-state index in [1.807, 2.05) is 25.1 Å². The molecule has 0 unspecified atom stereocenters. The van der Waals surface area contributed by atoms with Crippen molar-refractivity contribution in [1.29, 1.82) is 0 Å². The molecule has 0 aliphatic heterocycles. The molecule has 0 bridgehead atoms. The second-order valence-corrected chi connectivity index (χ2v) is 11.4. The zero-order valence-corrected chi connectivity index (χ0v) is 14.8. The summed E-state index contributed by atoms with van der Waals surface area (Å²) in [4.78, 5) is 11.8. The summed E-state index contributed by atoms with van der Waals surface area (Å²) in [5, 5.41) is 4.14. The summed E-state index contributed by atoms with van der Waals surface area (Å²) in [5.41, 5.74) is 3.11. The molecule has 1 atom stereocenters. The second-order valence-electron chi connectivity index (χ2n) is 6.67. The Morgan fingerprint density at radius 3 is 2.38 bits per heavy atom. The monoisotopic (exact) mass is 306 g/mol. The van der Waals surface area contributed by atoms with Crippen LogP contribution >= 0.6 is 0 Å². The van der Waals surface area contributed by atoms with Crippen LogP contribution in [-0.2, 0) is 4.43 Å². The summed E-state index contributed by atoms with van der Waals surface area (Å²) in [6.45, 7) is 12.9. The van der Waals surface area contributed by atoms with Crippen molar-refractivity contribution in [3.05, 3.63) is 35.9 Å². The van der Waals surface area contributed by atoms with Gasteiger partial charge in [0.05, 0.1) is 12.3 Å². The van der Waals surface area contributed by atoms with Gasteiger partial charge in [-0.25, -0.2) is 5.43 Å². The minimum Gasteiger partial charge on any atom is -0.409 e. The molecule has 116 valence electrons. The van der Waals surface area contributed by atoms with Gasteiger partial charge in [0, 0.05) is 5.56 Å². The summed E-state index contributed by atoms with van der Waals surface area (Å²) in [7, 11) is -1.81. The summed E-state index contributed by atoms with van der Waals surface area (Å²) in [5.74, 6) is -0.216. The molecule has 1 aromatic rings. The van der Waals surface area contributed by atoms with Crippen molar-refractivity contribution >= 4 is 20.4 Å². The van der Waals surface area contributed by atoms with E-state index in [-0.39, 0.29) is 17.0 Å². The van der Waals surface area contributed by atoms with Crippen molar-refractivity contribution in [2.45, 2.75) is 51.9 Å². The smallest absolute Gasteiger partial charge is 0.271 e. The highest BCUT2D eigenvalue weighted by atomic mass is 28.4. The van der Waals surface area contributed by atoms with Gasteiger partial charge in [-0.05, 0) is 37.2 Å². The number of hydrogen-bond donors (Lipinski definition) is 1. The van der Waals surface area contributed by atoms with Crippen LogP contribution in [0.3, 0.4) is 0 Å². The molecule has 4 nitrogen and oxygen atoms in total. The molecule has 0 aromatic heterocycles. The van der Waals surface area contributed by atoms with Crippen LogP contribution < -0.4 is 5.43 Å². The third-order valence-corrected chi connectivity index (χ3v) is 8.35. The number of rotatable bonds is 5. The number of carbonyl (C=O) groups is 1. The fourth-order valence-electron chi connectivity index (χ4n) is 1.53. The van der Waals surface area contributed by atoms with Gasteiger partial charge in [0.1, 0.15) is 0 Å². The van der Waals surface area contributed by atoms with E-state index >= 15 is 0 Å². The van der Waals surface area contributed by atoms with Crippen molar-refractivity contribution in [3.63, 3.8) is 0 Å². The van der Waals surface area contributed by atoms with Gasteiger partial charge < -0.3 is 4.43 Å². The molecule has 5 heteroatoms. The first-order valence-corrected chi connectivity index (χ1v) is 10.1. The molecule has 21 heavy (non-hydrogen) atoms. The fraction of sp³-hybridized carbons (Fsp3) is 0.500. The van der Waals surface area contributed by atoms with Gasteiger partial charge in [-0.15, -0.1) is 0 Å². The number of hydrazone groups is 1. The average Bonchev–Trinajstić information content (AvgIpc) is 2.37. The highest BCUT2D eigenvalue weighted by Crippen LogP contribution is 2.37. The molecule has 0 radical (unpaired) electrons. The molecule has 0 aliphatic carbocycles. The predicted octanol–water partition coefficient (Wildman–Crippen LogP) is 3.81. The van der Waals surface area contributed by atoms with Gasteiger partial charge in [-0.3, -0.25) is 4.79 Å².